The molecule has 2 rings (SSSR count). The largest absolute Gasteiger partial charge is 0.323 e. The van der Waals surface area contributed by atoms with E-state index in [1.165, 1.54) is 18.6 Å². The summed E-state index contributed by atoms with van der Waals surface area (Å²) in [6, 6.07) is 8.04. The van der Waals surface area contributed by atoms with Crippen LogP contribution < -0.4 is 5.73 Å². The summed E-state index contributed by atoms with van der Waals surface area (Å²) in [5.41, 5.74) is 7.35. The fourth-order valence-electron chi connectivity index (χ4n) is 1.81. The van der Waals surface area contributed by atoms with Crippen molar-refractivity contribution in [3.8, 4) is 0 Å². The van der Waals surface area contributed by atoms with E-state index in [0.29, 0.717) is 5.25 Å². The first-order valence-corrected chi connectivity index (χ1v) is 6.33. The quantitative estimate of drug-likeness (QED) is 0.840. The highest BCUT2D eigenvalue weighted by Gasteiger charge is 2.23. The van der Waals surface area contributed by atoms with Crippen LogP contribution in [0.4, 0.5) is 0 Å². The molecule has 0 saturated carbocycles. The Bertz CT molecular complexity index is 310. The van der Waals surface area contributed by atoms with Crippen molar-refractivity contribution < 1.29 is 0 Å². The lowest BCUT2D eigenvalue weighted by Gasteiger charge is -2.18. The van der Waals surface area contributed by atoms with Gasteiger partial charge in [-0.1, -0.05) is 23.7 Å². The van der Waals surface area contributed by atoms with Crippen LogP contribution in [0, 0.1) is 0 Å². The Morgan fingerprint density at radius 3 is 3.00 bits per heavy atom. The molecule has 0 radical (unpaired) electrons. The van der Waals surface area contributed by atoms with Crippen LogP contribution in [-0.4, -0.2) is 11.0 Å². The molecule has 14 heavy (non-hydrogen) atoms. The normalized spacial score (nSPS) is 23.7. The van der Waals surface area contributed by atoms with Gasteiger partial charge in [-0.05, 0) is 36.3 Å². The van der Waals surface area contributed by atoms with Gasteiger partial charge in [0, 0.05) is 16.3 Å². The number of hydrogen-bond donors (Lipinski definition) is 1. The zero-order valence-corrected chi connectivity index (χ0v) is 9.52. The summed E-state index contributed by atoms with van der Waals surface area (Å²) in [6.45, 7) is 0. The number of benzene rings is 1. The van der Waals surface area contributed by atoms with E-state index >= 15 is 0 Å². The third kappa shape index (κ3) is 2.25. The molecule has 0 spiro atoms. The number of thioether (sulfide) groups is 1. The number of halogens is 1. The summed E-state index contributed by atoms with van der Waals surface area (Å²) in [5.74, 6) is 1.25. The molecule has 76 valence electrons. The molecular formula is C11H14ClNS. The fourth-order valence-corrected chi connectivity index (χ4v) is 3.35. The van der Waals surface area contributed by atoms with Gasteiger partial charge in [-0.25, -0.2) is 0 Å². The fraction of sp³-hybridized carbons (Fsp3) is 0.455. The summed E-state index contributed by atoms with van der Waals surface area (Å²) in [7, 11) is 0. The maximum atomic E-state index is 6.19. The van der Waals surface area contributed by atoms with Gasteiger partial charge in [-0.2, -0.15) is 11.8 Å². The molecule has 1 fully saturated rings. The summed E-state index contributed by atoms with van der Waals surface area (Å²) in [6.07, 6.45) is 2.53. The third-order valence-electron chi connectivity index (χ3n) is 2.60. The smallest absolute Gasteiger partial charge is 0.0416 e. The Morgan fingerprint density at radius 2 is 2.36 bits per heavy atom. The van der Waals surface area contributed by atoms with Crippen molar-refractivity contribution in [2.24, 2.45) is 5.73 Å². The van der Waals surface area contributed by atoms with Crippen molar-refractivity contribution in [1.29, 1.82) is 0 Å². The van der Waals surface area contributed by atoms with Crippen LogP contribution in [0.15, 0.2) is 24.3 Å². The summed E-state index contributed by atoms with van der Waals surface area (Å²) in [5, 5.41) is 1.36. The molecule has 0 aromatic heterocycles. The van der Waals surface area contributed by atoms with E-state index in [-0.39, 0.29) is 6.04 Å². The van der Waals surface area contributed by atoms with Crippen molar-refractivity contribution in [1.82, 2.24) is 0 Å². The average Bonchev–Trinajstić information content (AvgIpc) is 2.69. The van der Waals surface area contributed by atoms with Crippen LogP contribution in [0.1, 0.15) is 24.4 Å². The van der Waals surface area contributed by atoms with E-state index in [2.05, 4.69) is 6.07 Å². The molecule has 1 aliphatic rings. The molecule has 1 aromatic carbocycles. The second kappa shape index (κ2) is 4.56. The molecular weight excluding hydrogens is 214 g/mol. The highest BCUT2D eigenvalue weighted by atomic mass is 35.5. The van der Waals surface area contributed by atoms with Crippen LogP contribution in [-0.2, 0) is 0 Å². The van der Waals surface area contributed by atoms with Crippen molar-refractivity contribution in [3.63, 3.8) is 0 Å². The second-order valence-electron chi connectivity index (χ2n) is 3.63. The maximum Gasteiger partial charge on any atom is 0.0416 e. The molecule has 2 N–H and O–H groups in total. The predicted molar refractivity (Wildman–Crippen MR) is 63.9 cm³/mol. The van der Waals surface area contributed by atoms with Crippen molar-refractivity contribution in [2.75, 3.05) is 5.75 Å². The molecule has 3 heteroatoms. The molecule has 1 aromatic rings. The van der Waals surface area contributed by atoms with Gasteiger partial charge in [0.1, 0.15) is 0 Å². The Balaban J connectivity index is 2.13. The minimum Gasteiger partial charge on any atom is -0.323 e. The van der Waals surface area contributed by atoms with Crippen LogP contribution in [0.2, 0.25) is 5.02 Å². The summed E-state index contributed by atoms with van der Waals surface area (Å²) >= 11 is 7.92. The molecule has 1 saturated heterocycles. The van der Waals surface area contributed by atoms with Gasteiger partial charge in [0.15, 0.2) is 0 Å². The Morgan fingerprint density at radius 1 is 1.50 bits per heavy atom. The maximum absolute atomic E-state index is 6.19. The van der Waals surface area contributed by atoms with E-state index in [0.717, 1.165) is 10.6 Å². The van der Waals surface area contributed by atoms with Gasteiger partial charge < -0.3 is 5.73 Å². The van der Waals surface area contributed by atoms with Crippen LogP contribution >= 0.6 is 23.4 Å². The van der Waals surface area contributed by atoms with Gasteiger partial charge in [-0.15, -0.1) is 0 Å². The zero-order chi connectivity index (χ0) is 9.97. The first-order valence-electron chi connectivity index (χ1n) is 4.90. The van der Waals surface area contributed by atoms with Gasteiger partial charge >= 0.3 is 0 Å². The number of nitrogens with two attached hydrogens (primary N) is 1. The van der Waals surface area contributed by atoms with Gasteiger partial charge in [0.25, 0.3) is 0 Å². The van der Waals surface area contributed by atoms with Crippen LogP contribution in [0.3, 0.4) is 0 Å². The third-order valence-corrected chi connectivity index (χ3v) is 4.32. The standard InChI is InChI=1S/C11H14ClNS/c12-9-4-1-3-8(7-9)11(13)10-5-2-6-14-10/h1,3-4,7,10-11H,2,5-6,13H2. The van der Waals surface area contributed by atoms with Crippen molar-refractivity contribution >= 4 is 23.4 Å². The number of hydrogen-bond acceptors (Lipinski definition) is 2. The highest BCUT2D eigenvalue weighted by Crippen LogP contribution is 2.34. The average molecular weight is 228 g/mol. The molecule has 2 atom stereocenters. The van der Waals surface area contributed by atoms with E-state index in [1.807, 2.05) is 30.0 Å². The van der Waals surface area contributed by atoms with E-state index in [4.69, 9.17) is 17.3 Å². The monoisotopic (exact) mass is 227 g/mol. The van der Waals surface area contributed by atoms with Crippen molar-refractivity contribution in [3.05, 3.63) is 34.9 Å². The lowest BCUT2D eigenvalue weighted by Crippen LogP contribution is -2.21. The van der Waals surface area contributed by atoms with E-state index in [9.17, 15) is 0 Å². The first-order chi connectivity index (χ1) is 6.77. The predicted octanol–water partition coefficient (Wildman–Crippen LogP) is 3.24. The molecule has 1 nitrogen and oxygen atoms in total. The molecule has 1 heterocycles. The SMILES string of the molecule is NC(c1cccc(Cl)c1)C1CCCS1. The minimum absolute atomic E-state index is 0.140. The number of rotatable bonds is 2. The molecule has 0 aliphatic carbocycles. The summed E-state index contributed by atoms with van der Waals surface area (Å²) in [4.78, 5) is 0. The van der Waals surface area contributed by atoms with Crippen LogP contribution in [0.5, 0.6) is 0 Å². The lowest BCUT2D eigenvalue weighted by atomic mass is 10.0. The van der Waals surface area contributed by atoms with Crippen LogP contribution in [0.25, 0.3) is 0 Å². The van der Waals surface area contributed by atoms with Gasteiger partial charge in [-0.3, -0.25) is 0 Å². The topological polar surface area (TPSA) is 26.0 Å². The minimum atomic E-state index is 0.140. The Kier molecular flexibility index (Phi) is 3.37. The van der Waals surface area contributed by atoms with Gasteiger partial charge in [0.05, 0.1) is 0 Å². The lowest BCUT2D eigenvalue weighted by molar-refractivity contribution is 0.645. The van der Waals surface area contributed by atoms with Gasteiger partial charge in [0.2, 0.25) is 0 Å². The molecule has 1 aliphatic heterocycles. The zero-order valence-electron chi connectivity index (χ0n) is 7.95. The second-order valence-corrected chi connectivity index (χ2v) is 5.42. The summed E-state index contributed by atoms with van der Waals surface area (Å²) < 4.78 is 0. The van der Waals surface area contributed by atoms with E-state index in [1.54, 1.807) is 0 Å². The molecule has 0 amide bonds. The molecule has 0 bridgehead atoms. The van der Waals surface area contributed by atoms with E-state index < -0.39 is 0 Å². The Hall–Kier alpha value is -0.180. The van der Waals surface area contributed by atoms with Crippen molar-refractivity contribution in [2.45, 2.75) is 24.1 Å². The molecule has 2 unspecified atom stereocenters. The first kappa shape index (κ1) is 10.3. The highest BCUT2D eigenvalue weighted by molar-refractivity contribution is 8.00. The Labute approximate surface area is 94.0 Å².